The quantitative estimate of drug-likeness (QED) is 0.513. The first-order valence-electron chi connectivity index (χ1n) is 10.8. The van der Waals surface area contributed by atoms with Crippen LogP contribution in [0.5, 0.6) is 0 Å². The van der Waals surface area contributed by atoms with Crippen molar-refractivity contribution in [1.29, 1.82) is 0 Å². The summed E-state index contributed by atoms with van der Waals surface area (Å²) in [5, 5.41) is 4.81. The summed E-state index contributed by atoms with van der Waals surface area (Å²) in [6, 6.07) is 15.3. The molecule has 0 bridgehead atoms. The topological polar surface area (TPSA) is 63.4 Å². The summed E-state index contributed by atoms with van der Waals surface area (Å²) in [4.78, 5) is 2.55. The molecule has 2 aromatic carbocycles. The van der Waals surface area contributed by atoms with Gasteiger partial charge < -0.3 is 4.57 Å². The van der Waals surface area contributed by atoms with Gasteiger partial charge in [-0.3, -0.25) is 4.90 Å². The van der Waals surface area contributed by atoms with Gasteiger partial charge in [0.25, 0.3) is 0 Å². The van der Waals surface area contributed by atoms with Crippen LogP contribution in [0.15, 0.2) is 53.4 Å². The van der Waals surface area contributed by atoms with Crippen molar-refractivity contribution in [1.82, 2.24) is 23.6 Å². The zero-order valence-corrected chi connectivity index (χ0v) is 20.4. The van der Waals surface area contributed by atoms with E-state index in [1.165, 1.54) is 5.56 Å². The van der Waals surface area contributed by atoms with Gasteiger partial charge in [0.1, 0.15) is 0 Å². The second-order valence-electron chi connectivity index (χ2n) is 8.20. The summed E-state index contributed by atoms with van der Waals surface area (Å²) in [5.74, 6) is 0.863. The Labute approximate surface area is 195 Å². The Morgan fingerprint density at radius 2 is 1.66 bits per heavy atom. The summed E-state index contributed by atoms with van der Waals surface area (Å²) in [6.45, 7) is 9.52. The maximum Gasteiger partial charge on any atom is 0.243 e. The Bertz CT molecular complexity index is 1250. The molecule has 1 aliphatic rings. The monoisotopic (exact) mass is 471 g/mol. The van der Waals surface area contributed by atoms with Gasteiger partial charge in [-0.25, -0.2) is 13.1 Å². The van der Waals surface area contributed by atoms with Crippen LogP contribution in [-0.4, -0.2) is 58.1 Å². The highest BCUT2D eigenvalue weighted by molar-refractivity contribution is 7.89. The van der Waals surface area contributed by atoms with Crippen LogP contribution in [0.1, 0.15) is 18.1 Å². The highest BCUT2D eigenvalue weighted by Crippen LogP contribution is 2.21. The third kappa shape index (κ3) is 4.56. The van der Waals surface area contributed by atoms with E-state index in [-0.39, 0.29) is 0 Å². The molecule has 0 aliphatic carbocycles. The average molecular weight is 472 g/mol. The molecule has 0 unspecified atom stereocenters. The standard InChI is InChI=1S/C23H29N5O2S2/c1-4-27-22(20-7-5-6-19(3)16-20)24-28(23(27)31)17-25-12-14-26(15-13-25)32(29,30)21-10-8-18(2)9-11-21/h5-11,16H,4,12-15,17H2,1-3H3. The third-order valence-electron chi connectivity index (χ3n) is 5.84. The first-order chi connectivity index (χ1) is 15.3. The van der Waals surface area contributed by atoms with Crippen molar-refractivity contribution in [3.8, 4) is 11.4 Å². The minimum atomic E-state index is -3.47. The summed E-state index contributed by atoms with van der Waals surface area (Å²) < 4.78 is 32.1. The Balaban J connectivity index is 1.48. The van der Waals surface area contributed by atoms with E-state index >= 15 is 0 Å². The number of sulfonamides is 1. The van der Waals surface area contributed by atoms with Gasteiger partial charge in [0.05, 0.1) is 11.6 Å². The van der Waals surface area contributed by atoms with Crippen molar-refractivity contribution in [2.75, 3.05) is 26.2 Å². The number of hydrogen-bond acceptors (Lipinski definition) is 5. The van der Waals surface area contributed by atoms with Gasteiger partial charge in [0, 0.05) is 38.3 Å². The van der Waals surface area contributed by atoms with Gasteiger partial charge in [-0.1, -0.05) is 41.5 Å². The fraction of sp³-hybridized carbons (Fsp3) is 0.391. The molecule has 0 amide bonds. The van der Waals surface area contributed by atoms with Crippen LogP contribution in [0.25, 0.3) is 11.4 Å². The Kier molecular flexibility index (Phi) is 6.62. The fourth-order valence-corrected chi connectivity index (χ4v) is 5.71. The second kappa shape index (κ2) is 9.27. The maximum atomic E-state index is 13.0. The fourth-order valence-electron chi connectivity index (χ4n) is 3.98. The zero-order chi connectivity index (χ0) is 22.9. The van der Waals surface area contributed by atoms with Gasteiger partial charge >= 0.3 is 0 Å². The average Bonchev–Trinajstić information content (AvgIpc) is 3.09. The van der Waals surface area contributed by atoms with Crippen LogP contribution in [0.3, 0.4) is 0 Å². The van der Waals surface area contributed by atoms with Crippen LogP contribution >= 0.6 is 12.2 Å². The molecular weight excluding hydrogens is 442 g/mol. The van der Waals surface area contributed by atoms with E-state index in [0.29, 0.717) is 42.5 Å². The molecule has 1 saturated heterocycles. The lowest BCUT2D eigenvalue weighted by Gasteiger charge is -2.33. The van der Waals surface area contributed by atoms with E-state index in [0.717, 1.165) is 23.5 Å². The molecule has 0 atom stereocenters. The van der Waals surface area contributed by atoms with E-state index in [4.69, 9.17) is 17.3 Å². The lowest BCUT2D eigenvalue weighted by atomic mass is 10.1. The summed E-state index contributed by atoms with van der Waals surface area (Å²) in [5.41, 5.74) is 3.27. The Hall–Kier alpha value is -2.33. The number of benzene rings is 2. The predicted molar refractivity (Wildman–Crippen MR) is 128 cm³/mol. The summed E-state index contributed by atoms with van der Waals surface area (Å²) in [6.07, 6.45) is 0. The van der Waals surface area contributed by atoms with Crippen molar-refractivity contribution in [2.24, 2.45) is 0 Å². The Morgan fingerprint density at radius 3 is 2.28 bits per heavy atom. The van der Waals surface area contributed by atoms with Crippen molar-refractivity contribution in [3.05, 3.63) is 64.4 Å². The summed E-state index contributed by atoms with van der Waals surface area (Å²) >= 11 is 5.70. The molecule has 0 spiro atoms. The molecule has 1 aliphatic heterocycles. The molecule has 32 heavy (non-hydrogen) atoms. The van der Waals surface area contributed by atoms with Gasteiger partial charge in [-0.2, -0.15) is 9.40 Å². The second-order valence-corrected chi connectivity index (χ2v) is 10.5. The van der Waals surface area contributed by atoms with Crippen LogP contribution in [0.2, 0.25) is 0 Å². The predicted octanol–water partition coefficient (Wildman–Crippen LogP) is 3.68. The summed E-state index contributed by atoms with van der Waals surface area (Å²) in [7, 11) is -3.47. The van der Waals surface area contributed by atoms with Gasteiger partial charge in [0.2, 0.25) is 10.0 Å². The highest BCUT2D eigenvalue weighted by Gasteiger charge is 2.28. The van der Waals surface area contributed by atoms with Crippen LogP contribution in [-0.2, 0) is 23.2 Å². The number of piperazine rings is 1. The van der Waals surface area contributed by atoms with Crippen LogP contribution in [0, 0.1) is 18.6 Å². The SMILES string of the molecule is CCn1c(-c2cccc(C)c2)nn(CN2CCN(S(=O)(=O)c3ccc(C)cc3)CC2)c1=S. The van der Waals surface area contributed by atoms with Crippen molar-refractivity contribution in [3.63, 3.8) is 0 Å². The zero-order valence-electron chi connectivity index (χ0n) is 18.7. The molecule has 2 heterocycles. The van der Waals surface area contributed by atoms with Crippen molar-refractivity contribution in [2.45, 2.75) is 38.9 Å². The van der Waals surface area contributed by atoms with E-state index in [1.807, 2.05) is 34.4 Å². The number of nitrogens with zero attached hydrogens (tertiary/aromatic N) is 5. The molecule has 1 aromatic heterocycles. The maximum absolute atomic E-state index is 13.0. The minimum Gasteiger partial charge on any atom is -0.300 e. The number of aryl methyl sites for hydroxylation is 2. The van der Waals surface area contributed by atoms with E-state index in [9.17, 15) is 8.42 Å². The third-order valence-corrected chi connectivity index (χ3v) is 8.18. The van der Waals surface area contributed by atoms with Crippen molar-refractivity contribution >= 4 is 22.2 Å². The van der Waals surface area contributed by atoms with E-state index in [2.05, 4.69) is 36.9 Å². The van der Waals surface area contributed by atoms with Gasteiger partial charge in [-0.15, -0.1) is 0 Å². The normalized spacial score (nSPS) is 15.8. The van der Waals surface area contributed by atoms with Crippen molar-refractivity contribution < 1.29 is 8.42 Å². The molecule has 9 heteroatoms. The van der Waals surface area contributed by atoms with E-state index in [1.54, 1.807) is 16.4 Å². The minimum absolute atomic E-state index is 0.350. The molecule has 0 N–H and O–H groups in total. The molecule has 170 valence electrons. The smallest absolute Gasteiger partial charge is 0.243 e. The Morgan fingerprint density at radius 1 is 0.969 bits per heavy atom. The van der Waals surface area contributed by atoms with E-state index < -0.39 is 10.0 Å². The molecule has 1 fully saturated rings. The van der Waals surface area contributed by atoms with Gasteiger partial charge in [-0.05, 0) is 51.2 Å². The largest absolute Gasteiger partial charge is 0.300 e. The number of rotatable bonds is 6. The van der Waals surface area contributed by atoms with Crippen LogP contribution < -0.4 is 0 Å². The molecule has 4 rings (SSSR count). The van der Waals surface area contributed by atoms with Gasteiger partial charge in [0.15, 0.2) is 10.6 Å². The molecular formula is C23H29N5O2S2. The first-order valence-corrected chi connectivity index (χ1v) is 12.7. The highest BCUT2D eigenvalue weighted by atomic mass is 32.2. The van der Waals surface area contributed by atoms with Crippen LogP contribution in [0.4, 0.5) is 0 Å². The molecule has 7 nitrogen and oxygen atoms in total. The lowest BCUT2D eigenvalue weighted by molar-refractivity contribution is 0.144. The molecule has 3 aromatic rings. The number of aromatic nitrogens is 3. The number of hydrogen-bond donors (Lipinski definition) is 0. The lowest BCUT2D eigenvalue weighted by Crippen LogP contribution is -2.48. The molecule has 0 radical (unpaired) electrons. The first kappa shape index (κ1) is 22.8. The molecule has 0 saturated carbocycles.